The summed E-state index contributed by atoms with van der Waals surface area (Å²) in [6.45, 7) is 8.57. The molecule has 0 aromatic heterocycles. The largest absolute Gasteiger partial charge is 0.493 e. The monoisotopic (exact) mass is 516 g/mol. The maximum Gasteiger partial charge on any atom is 0.255 e. The molecule has 0 aliphatic rings. The Morgan fingerprint density at radius 2 is 1.05 bits per heavy atom. The minimum absolute atomic E-state index is 0.1000. The Labute approximate surface area is 227 Å². The third kappa shape index (κ3) is 16.4. The van der Waals surface area contributed by atoms with Gasteiger partial charge in [0.25, 0.3) is 11.8 Å². The molecule has 5 nitrogen and oxygen atoms in total. The van der Waals surface area contributed by atoms with E-state index in [1.54, 1.807) is 18.2 Å². The van der Waals surface area contributed by atoms with Crippen LogP contribution < -0.4 is 15.4 Å². The summed E-state index contributed by atoms with van der Waals surface area (Å²) in [5, 5.41) is 6.08. The molecule has 1 aromatic rings. The minimum Gasteiger partial charge on any atom is -0.493 e. The first kappa shape index (κ1) is 33.0. The van der Waals surface area contributed by atoms with Crippen molar-refractivity contribution < 1.29 is 14.3 Å². The number of carbonyl (C=O) groups is 2. The van der Waals surface area contributed by atoms with Crippen LogP contribution in [0.15, 0.2) is 18.2 Å². The van der Waals surface area contributed by atoms with Gasteiger partial charge < -0.3 is 15.4 Å². The molecule has 0 radical (unpaired) electrons. The Morgan fingerprint density at radius 1 is 0.595 bits per heavy atom. The molecule has 0 unspecified atom stereocenters. The zero-order valence-corrected chi connectivity index (χ0v) is 24.3. The summed E-state index contributed by atoms with van der Waals surface area (Å²) in [5.41, 5.74) is 1.07. The molecule has 212 valence electrons. The molecule has 1 aromatic carbocycles. The van der Waals surface area contributed by atoms with Crippen LogP contribution in [0.1, 0.15) is 157 Å². The quantitative estimate of drug-likeness (QED) is 0.135. The molecule has 0 saturated carbocycles. The van der Waals surface area contributed by atoms with E-state index in [1.807, 2.05) is 0 Å². The van der Waals surface area contributed by atoms with Crippen LogP contribution in [0.4, 0.5) is 0 Å². The maximum absolute atomic E-state index is 12.9. The standard InChI is InChI=1S/C32H56N2O3/c1-4-7-10-13-16-19-24-33-31(35)28-22-23-29(32(36)34-25-20-17-14-11-8-5-2)30(27-28)37-26-21-18-15-12-9-6-3/h22-23,27H,4-21,24-26H2,1-3H3,(H,33,35)(H,34,36). The lowest BCUT2D eigenvalue weighted by Crippen LogP contribution is -2.26. The lowest BCUT2D eigenvalue weighted by atomic mass is 10.1. The van der Waals surface area contributed by atoms with E-state index < -0.39 is 0 Å². The molecule has 2 amide bonds. The second kappa shape index (κ2) is 23.1. The van der Waals surface area contributed by atoms with Crippen LogP contribution >= 0.6 is 0 Å². The summed E-state index contributed by atoms with van der Waals surface area (Å²) in [6.07, 6.45) is 21.4. The first-order chi connectivity index (χ1) is 18.1. The van der Waals surface area contributed by atoms with E-state index >= 15 is 0 Å². The van der Waals surface area contributed by atoms with Gasteiger partial charge in [-0.25, -0.2) is 0 Å². The highest BCUT2D eigenvalue weighted by Crippen LogP contribution is 2.22. The first-order valence-corrected chi connectivity index (χ1v) is 15.5. The van der Waals surface area contributed by atoms with Crippen molar-refractivity contribution in [3.63, 3.8) is 0 Å². The van der Waals surface area contributed by atoms with Crippen molar-refractivity contribution in [1.82, 2.24) is 10.6 Å². The third-order valence-electron chi connectivity index (χ3n) is 6.88. The van der Waals surface area contributed by atoms with Crippen molar-refractivity contribution in [2.45, 2.75) is 136 Å². The normalized spacial score (nSPS) is 10.9. The van der Waals surface area contributed by atoms with Gasteiger partial charge in [-0.05, 0) is 37.5 Å². The van der Waals surface area contributed by atoms with E-state index in [-0.39, 0.29) is 11.8 Å². The minimum atomic E-state index is -0.120. The van der Waals surface area contributed by atoms with Crippen LogP contribution in [0.25, 0.3) is 0 Å². The van der Waals surface area contributed by atoms with Crippen molar-refractivity contribution in [3.05, 3.63) is 29.3 Å². The van der Waals surface area contributed by atoms with E-state index in [4.69, 9.17) is 4.74 Å². The molecule has 37 heavy (non-hydrogen) atoms. The van der Waals surface area contributed by atoms with Crippen LogP contribution in [-0.2, 0) is 0 Å². The number of nitrogens with one attached hydrogen (secondary N) is 2. The number of hydrogen-bond donors (Lipinski definition) is 2. The molecule has 1 rings (SSSR count). The highest BCUT2D eigenvalue weighted by molar-refractivity contribution is 6.00. The molecule has 2 N–H and O–H groups in total. The number of ether oxygens (including phenoxy) is 1. The van der Waals surface area contributed by atoms with Crippen molar-refractivity contribution in [2.75, 3.05) is 19.7 Å². The summed E-state index contributed by atoms with van der Waals surface area (Å²) < 4.78 is 6.07. The van der Waals surface area contributed by atoms with Crippen LogP contribution in [0.5, 0.6) is 5.75 Å². The number of unbranched alkanes of at least 4 members (excludes halogenated alkanes) is 15. The fraction of sp³-hybridized carbons (Fsp3) is 0.750. The van der Waals surface area contributed by atoms with E-state index in [1.165, 1.54) is 77.0 Å². The smallest absolute Gasteiger partial charge is 0.255 e. The maximum atomic E-state index is 12.9. The lowest BCUT2D eigenvalue weighted by molar-refractivity contribution is 0.0937. The predicted octanol–water partition coefficient (Wildman–Crippen LogP) is 8.61. The van der Waals surface area contributed by atoms with Crippen LogP contribution in [0, 0.1) is 0 Å². The van der Waals surface area contributed by atoms with Gasteiger partial charge in [0.2, 0.25) is 0 Å². The van der Waals surface area contributed by atoms with Gasteiger partial charge in [-0.3, -0.25) is 9.59 Å². The number of hydrogen-bond acceptors (Lipinski definition) is 3. The molecule has 0 bridgehead atoms. The molecule has 0 aliphatic heterocycles. The summed E-state index contributed by atoms with van der Waals surface area (Å²) in [4.78, 5) is 25.7. The van der Waals surface area contributed by atoms with Gasteiger partial charge in [0.15, 0.2) is 0 Å². The molecule has 0 fully saturated rings. The Hall–Kier alpha value is -2.04. The van der Waals surface area contributed by atoms with Gasteiger partial charge in [0.05, 0.1) is 12.2 Å². The van der Waals surface area contributed by atoms with E-state index in [9.17, 15) is 9.59 Å². The summed E-state index contributed by atoms with van der Waals surface area (Å²) in [7, 11) is 0. The van der Waals surface area contributed by atoms with Crippen LogP contribution in [-0.4, -0.2) is 31.5 Å². The fourth-order valence-electron chi connectivity index (χ4n) is 4.45. The van der Waals surface area contributed by atoms with Crippen molar-refractivity contribution >= 4 is 11.8 Å². The number of carbonyl (C=O) groups excluding carboxylic acids is 2. The molecule has 0 spiro atoms. The fourth-order valence-corrected chi connectivity index (χ4v) is 4.45. The number of benzene rings is 1. The molecule has 0 heterocycles. The van der Waals surface area contributed by atoms with Gasteiger partial charge in [0, 0.05) is 18.7 Å². The van der Waals surface area contributed by atoms with Crippen LogP contribution in [0.3, 0.4) is 0 Å². The first-order valence-electron chi connectivity index (χ1n) is 15.5. The van der Waals surface area contributed by atoms with Crippen molar-refractivity contribution in [2.24, 2.45) is 0 Å². The van der Waals surface area contributed by atoms with Gasteiger partial charge in [-0.1, -0.05) is 117 Å². The number of amides is 2. The van der Waals surface area contributed by atoms with Crippen molar-refractivity contribution in [1.29, 1.82) is 0 Å². The molecule has 5 heteroatoms. The van der Waals surface area contributed by atoms with Gasteiger partial charge in [-0.15, -0.1) is 0 Å². The highest BCUT2D eigenvalue weighted by Gasteiger charge is 2.16. The lowest BCUT2D eigenvalue weighted by Gasteiger charge is -2.14. The van der Waals surface area contributed by atoms with E-state index in [0.717, 1.165) is 38.5 Å². The molecule has 0 aliphatic carbocycles. The average molecular weight is 517 g/mol. The van der Waals surface area contributed by atoms with Crippen molar-refractivity contribution in [3.8, 4) is 5.75 Å². The molecular formula is C32H56N2O3. The summed E-state index contributed by atoms with van der Waals surface area (Å²) in [6, 6.07) is 5.23. The molecular weight excluding hydrogens is 460 g/mol. The van der Waals surface area contributed by atoms with Crippen LogP contribution in [0.2, 0.25) is 0 Å². The SMILES string of the molecule is CCCCCCCCNC(=O)c1ccc(C(=O)NCCCCCCCC)c(OCCCCCCCC)c1. The van der Waals surface area contributed by atoms with E-state index in [0.29, 0.717) is 36.6 Å². The molecule has 0 atom stereocenters. The summed E-state index contributed by atoms with van der Waals surface area (Å²) in [5.74, 6) is 0.295. The Balaban J connectivity index is 2.62. The Morgan fingerprint density at radius 3 is 1.59 bits per heavy atom. The van der Waals surface area contributed by atoms with Gasteiger partial charge >= 0.3 is 0 Å². The Bertz CT molecular complexity index is 720. The van der Waals surface area contributed by atoms with Gasteiger partial charge in [-0.2, -0.15) is 0 Å². The predicted molar refractivity (Wildman–Crippen MR) is 157 cm³/mol. The second-order valence-corrected chi connectivity index (χ2v) is 10.4. The zero-order chi connectivity index (χ0) is 27.0. The average Bonchev–Trinajstić information content (AvgIpc) is 2.91. The molecule has 0 saturated heterocycles. The number of rotatable bonds is 24. The zero-order valence-electron chi connectivity index (χ0n) is 24.3. The topological polar surface area (TPSA) is 67.4 Å². The summed E-state index contributed by atoms with van der Waals surface area (Å²) >= 11 is 0. The highest BCUT2D eigenvalue weighted by atomic mass is 16.5. The van der Waals surface area contributed by atoms with Gasteiger partial charge in [0.1, 0.15) is 5.75 Å². The third-order valence-corrected chi connectivity index (χ3v) is 6.88. The second-order valence-electron chi connectivity index (χ2n) is 10.4. The Kier molecular flexibility index (Phi) is 20.6. The van der Waals surface area contributed by atoms with E-state index in [2.05, 4.69) is 31.4 Å².